The minimum absolute atomic E-state index is 0.647. The molecular formula is C14H24N4. The molecule has 0 atom stereocenters. The fourth-order valence-corrected chi connectivity index (χ4v) is 1.66. The SMILES string of the molecule is C=CCN(CC)c1cncc(CNCC(C)C)n1. The summed E-state index contributed by atoms with van der Waals surface area (Å²) >= 11 is 0. The average Bonchev–Trinajstić information content (AvgIpc) is 2.36. The molecule has 1 N–H and O–H groups in total. The van der Waals surface area contributed by atoms with Crippen LogP contribution in [0, 0.1) is 5.92 Å². The quantitative estimate of drug-likeness (QED) is 0.716. The Bertz CT molecular complexity index is 363. The van der Waals surface area contributed by atoms with E-state index < -0.39 is 0 Å². The minimum atomic E-state index is 0.647. The zero-order valence-corrected chi connectivity index (χ0v) is 11.7. The van der Waals surface area contributed by atoms with E-state index in [0.717, 1.165) is 37.7 Å². The Balaban J connectivity index is 2.63. The summed E-state index contributed by atoms with van der Waals surface area (Å²) in [5, 5.41) is 3.38. The third-order valence-corrected chi connectivity index (χ3v) is 2.59. The molecule has 0 spiro atoms. The van der Waals surface area contributed by atoms with E-state index in [1.54, 1.807) is 6.20 Å². The van der Waals surface area contributed by atoms with Crippen molar-refractivity contribution in [3.05, 3.63) is 30.7 Å². The van der Waals surface area contributed by atoms with Gasteiger partial charge in [-0.3, -0.25) is 4.98 Å². The number of likely N-dealkylation sites (N-methyl/N-ethyl adjacent to an activating group) is 1. The van der Waals surface area contributed by atoms with Crippen LogP contribution >= 0.6 is 0 Å². The summed E-state index contributed by atoms with van der Waals surface area (Å²) in [4.78, 5) is 11.0. The molecule has 4 heteroatoms. The second-order valence-corrected chi connectivity index (χ2v) is 4.72. The Morgan fingerprint density at radius 3 is 2.83 bits per heavy atom. The maximum atomic E-state index is 4.61. The van der Waals surface area contributed by atoms with Crippen LogP contribution in [0.15, 0.2) is 25.0 Å². The van der Waals surface area contributed by atoms with Gasteiger partial charge in [0.25, 0.3) is 0 Å². The predicted molar refractivity (Wildman–Crippen MR) is 76.7 cm³/mol. The number of nitrogens with zero attached hydrogens (tertiary/aromatic N) is 3. The first kappa shape index (κ1) is 14.6. The molecular weight excluding hydrogens is 224 g/mol. The van der Waals surface area contributed by atoms with Crippen molar-refractivity contribution in [2.24, 2.45) is 5.92 Å². The van der Waals surface area contributed by atoms with Gasteiger partial charge in [0.05, 0.1) is 11.9 Å². The topological polar surface area (TPSA) is 41.1 Å². The van der Waals surface area contributed by atoms with Crippen LogP contribution in [0.25, 0.3) is 0 Å². The standard InChI is InChI=1S/C14H24N4/c1-5-7-18(6-2)14-11-16-10-13(17-14)9-15-8-12(3)4/h5,10-12,15H,1,6-9H2,2-4H3. The van der Waals surface area contributed by atoms with E-state index in [2.05, 4.69) is 47.5 Å². The summed E-state index contributed by atoms with van der Waals surface area (Å²) in [7, 11) is 0. The van der Waals surface area contributed by atoms with Gasteiger partial charge < -0.3 is 10.2 Å². The van der Waals surface area contributed by atoms with Gasteiger partial charge in [-0.2, -0.15) is 0 Å². The summed E-state index contributed by atoms with van der Waals surface area (Å²) in [6.45, 7) is 13.7. The van der Waals surface area contributed by atoms with E-state index in [1.165, 1.54) is 0 Å². The normalized spacial score (nSPS) is 10.7. The molecule has 18 heavy (non-hydrogen) atoms. The van der Waals surface area contributed by atoms with Crippen molar-refractivity contribution in [3.8, 4) is 0 Å². The first-order valence-electron chi connectivity index (χ1n) is 6.54. The van der Waals surface area contributed by atoms with Crippen LogP contribution < -0.4 is 10.2 Å². The summed E-state index contributed by atoms with van der Waals surface area (Å²) in [6, 6.07) is 0. The summed E-state index contributed by atoms with van der Waals surface area (Å²) in [6.07, 6.45) is 5.51. The smallest absolute Gasteiger partial charge is 0.147 e. The maximum absolute atomic E-state index is 4.61. The van der Waals surface area contributed by atoms with Gasteiger partial charge in [-0.05, 0) is 19.4 Å². The van der Waals surface area contributed by atoms with Gasteiger partial charge in [0.15, 0.2) is 0 Å². The number of hydrogen-bond acceptors (Lipinski definition) is 4. The molecule has 4 nitrogen and oxygen atoms in total. The Kier molecular flexibility index (Phi) is 6.36. The van der Waals surface area contributed by atoms with Gasteiger partial charge in [0, 0.05) is 25.8 Å². The van der Waals surface area contributed by atoms with E-state index in [9.17, 15) is 0 Å². The van der Waals surface area contributed by atoms with Crippen molar-refractivity contribution in [1.29, 1.82) is 0 Å². The largest absolute Gasteiger partial charge is 0.352 e. The Hall–Kier alpha value is -1.42. The van der Waals surface area contributed by atoms with Crippen LogP contribution in [0.3, 0.4) is 0 Å². The summed E-state index contributed by atoms with van der Waals surface area (Å²) in [5.41, 5.74) is 0.982. The lowest BCUT2D eigenvalue weighted by molar-refractivity contribution is 0.547. The molecule has 0 aliphatic carbocycles. The molecule has 1 heterocycles. The molecule has 0 amide bonds. The van der Waals surface area contributed by atoms with Crippen LogP contribution in [0.2, 0.25) is 0 Å². The number of rotatable bonds is 8. The third-order valence-electron chi connectivity index (χ3n) is 2.59. The number of nitrogens with one attached hydrogen (secondary N) is 1. The van der Waals surface area contributed by atoms with Gasteiger partial charge >= 0.3 is 0 Å². The van der Waals surface area contributed by atoms with Gasteiger partial charge in [-0.15, -0.1) is 6.58 Å². The summed E-state index contributed by atoms with van der Waals surface area (Å²) < 4.78 is 0. The first-order chi connectivity index (χ1) is 8.67. The second-order valence-electron chi connectivity index (χ2n) is 4.72. The predicted octanol–water partition coefficient (Wildman–Crippen LogP) is 2.23. The highest BCUT2D eigenvalue weighted by Gasteiger charge is 2.05. The number of hydrogen-bond donors (Lipinski definition) is 1. The van der Waals surface area contributed by atoms with Gasteiger partial charge in [-0.1, -0.05) is 19.9 Å². The van der Waals surface area contributed by atoms with Crippen molar-refractivity contribution < 1.29 is 0 Å². The molecule has 0 bridgehead atoms. The van der Waals surface area contributed by atoms with Crippen molar-refractivity contribution >= 4 is 5.82 Å². The molecule has 0 unspecified atom stereocenters. The zero-order valence-electron chi connectivity index (χ0n) is 11.7. The van der Waals surface area contributed by atoms with E-state index in [4.69, 9.17) is 0 Å². The Morgan fingerprint density at radius 1 is 1.44 bits per heavy atom. The fraction of sp³-hybridized carbons (Fsp3) is 0.571. The molecule has 0 saturated carbocycles. The first-order valence-corrected chi connectivity index (χ1v) is 6.54. The van der Waals surface area contributed by atoms with Crippen molar-refractivity contribution in [2.75, 3.05) is 24.5 Å². The molecule has 1 aromatic rings. The Labute approximate surface area is 110 Å². The highest BCUT2D eigenvalue weighted by Crippen LogP contribution is 2.09. The number of aromatic nitrogens is 2. The van der Waals surface area contributed by atoms with Crippen molar-refractivity contribution in [1.82, 2.24) is 15.3 Å². The van der Waals surface area contributed by atoms with Crippen LogP contribution in [0.5, 0.6) is 0 Å². The van der Waals surface area contributed by atoms with E-state index in [-0.39, 0.29) is 0 Å². The molecule has 1 aromatic heterocycles. The van der Waals surface area contributed by atoms with E-state index in [0.29, 0.717) is 5.92 Å². The number of anilines is 1. The fourth-order valence-electron chi connectivity index (χ4n) is 1.66. The molecule has 100 valence electrons. The molecule has 0 fully saturated rings. The van der Waals surface area contributed by atoms with Gasteiger partial charge in [0.2, 0.25) is 0 Å². The molecule has 0 radical (unpaired) electrons. The lowest BCUT2D eigenvalue weighted by atomic mass is 10.2. The lowest BCUT2D eigenvalue weighted by Gasteiger charge is -2.20. The van der Waals surface area contributed by atoms with Gasteiger partial charge in [0.1, 0.15) is 5.82 Å². The summed E-state index contributed by atoms with van der Waals surface area (Å²) in [5.74, 6) is 1.57. The molecule has 0 aliphatic rings. The third kappa shape index (κ3) is 4.84. The van der Waals surface area contributed by atoms with Crippen LogP contribution in [0.4, 0.5) is 5.82 Å². The molecule has 1 rings (SSSR count). The van der Waals surface area contributed by atoms with E-state index in [1.807, 2.05) is 12.3 Å². The molecule has 0 saturated heterocycles. The molecule has 0 aliphatic heterocycles. The monoisotopic (exact) mass is 248 g/mol. The Morgan fingerprint density at radius 2 is 2.22 bits per heavy atom. The van der Waals surface area contributed by atoms with Crippen LogP contribution in [-0.4, -0.2) is 29.6 Å². The second kappa shape index (κ2) is 7.82. The van der Waals surface area contributed by atoms with Crippen LogP contribution in [-0.2, 0) is 6.54 Å². The lowest BCUT2D eigenvalue weighted by Crippen LogP contribution is -2.25. The van der Waals surface area contributed by atoms with E-state index >= 15 is 0 Å². The van der Waals surface area contributed by atoms with Gasteiger partial charge in [-0.25, -0.2) is 4.98 Å². The highest BCUT2D eigenvalue weighted by atomic mass is 15.2. The van der Waals surface area contributed by atoms with Crippen molar-refractivity contribution in [3.63, 3.8) is 0 Å². The highest BCUT2D eigenvalue weighted by molar-refractivity contribution is 5.36. The molecule has 0 aromatic carbocycles. The average molecular weight is 248 g/mol. The van der Waals surface area contributed by atoms with Crippen LogP contribution in [0.1, 0.15) is 26.5 Å². The minimum Gasteiger partial charge on any atom is -0.352 e. The zero-order chi connectivity index (χ0) is 13.4. The van der Waals surface area contributed by atoms with Crippen molar-refractivity contribution in [2.45, 2.75) is 27.3 Å². The maximum Gasteiger partial charge on any atom is 0.147 e.